The molecule has 4 rings (SSSR count). The molecule has 1 fully saturated rings. The van der Waals surface area contributed by atoms with Gasteiger partial charge in [-0.05, 0) is 69.2 Å². The summed E-state index contributed by atoms with van der Waals surface area (Å²) in [6.07, 6.45) is 3.38. The van der Waals surface area contributed by atoms with E-state index in [0.29, 0.717) is 30.9 Å². The third-order valence-electron chi connectivity index (χ3n) is 5.93. The number of hydrogen-bond donors (Lipinski definition) is 2. The van der Waals surface area contributed by atoms with E-state index in [1.807, 2.05) is 63.2 Å². The number of piperidine rings is 1. The van der Waals surface area contributed by atoms with Crippen LogP contribution in [0.1, 0.15) is 44.7 Å². The van der Waals surface area contributed by atoms with Crippen LogP contribution in [0.4, 0.5) is 10.5 Å². The maximum Gasteiger partial charge on any atom is 0.410 e. The second-order valence-corrected chi connectivity index (χ2v) is 11.7. The van der Waals surface area contributed by atoms with E-state index in [9.17, 15) is 18.3 Å². The van der Waals surface area contributed by atoms with Crippen molar-refractivity contribution in [3.05, 3.63) is 71.7 Å². The van der Waals surface area contributed by atoms with Gasteiger partial charge in [-0.2, -0.15) is 8.42 Å². The lowest BCUT2D eigenvalue weighted by atomic mass is 9.91. The molecule has 1 amide bonds. The van der Waals surface area contributed by atoms with E-state index in [-0.39, 0.29) is 18.6 Å². The number of rotatable bonds is 6. The van der Waals surface area contributed by atoms with Gasteiger partial charge in [0.2, 0.25) is 5.88 Å². The quantitative estimate of drug-likeness (QED) is 0.588. The normalized spacial score (nSPS) is 19.4. The van der Waals surface area contributed by atoms with Crippen molar-refractivity contribution in [3.8, 4) is 5.75 Å². The Morgan fingerprint density at radius 2 is 1.89 bits per heavy atom. The summed E-state index contributed by atoms with van der Waals surface area (Å²) in [7, 11) is -3.96. The zero-order valence-electron chi connectivity index (χ0n) is 20.8. The number of carbonyl (C=O) groups is 1. The molecule has 9 nitrogen and oxygen atoms in total. The van der Waals surface area contributed by atoms with Crippen LogP contribution in [0.2, 0.25) is 0 Å². The molecule has 10 heteroatoms. The van der Waals surface area contributed by atoms with Crippen molar-refractivity contribution in [1.29, 1.82) is 0 Å². The van der Waals surface area contributed by atoms with Crippen LogP contribution in [0.5, 0.6) is 5.75 Å². The van der Waals surface area contributed by atoms with E-state index in [1.165, 1.54) is 0 Å². The van der Waals surface area contributed by atoms with Gasteiger partial charge in [-0.1, -0.05) is 36.4 Å². The molecule has 1 atom stereocenters. The van der Waals surface area contributed by atoms with Crippen LogP contribution in [-0.4, -0.2) is 43.2 Å². The molecule has 0 radical (unpaired) electrons. The highest BCUT2D eigenvalue weighted by atomic mass is 32.2. The van der Waals surface area contributed by atoms with Gasteiger partial charge in [0.15, 0.2) is 0 Å². The third-order valence-corrected chi connectivity index (χ3v) is 7.21. The van der Waals surface area contributed by atoms with Gasteiger partial charge >= 0.3 is 16.3 Å². The largest absolute Gasteiger partial charge is 0.493 e. The maximum atomic E-state index is 12.6. The highest BCUT2D eigenvalue weighted by molar-refractivity contribution is 7.91. The first-order valence-corrected chi connectivity index (χ1v) is 13.4. The molecule has 2 aromatic carbocycles. The second kappa shape index (κ2) is 10.3. The SMILES string of the molecule is CC(C)(C)OC(=O)N1CCCC(Cc2ccc(N3C=C(O)NS3(=O)=O)c(OCc3ccccc3)c2)C1. The number of aliphatic hydroxyl groups is 1. The number of benzene rings is 2. The van der Waals surface area contributed by atoms with Crippen LogP contribution in [0, 0.1) is 5.92 Å². The number of hydrogen-bond acceptors (Lipinski definition) is 6. The highest BCUT2D eigenvalue weighted by Gasteiger charge is 2.32. The molecule has 194 valence electrons. The Labute approximate surface area is 212 Å². The van der Waals surface area contributed by atoms with Crippen molar-refractivity contribution in [3.63, 3.8) is 0 Å². The summed E-state index contributed by atoms with van der Waals surface area (Å²) in [6, 6.07) is 15.0. The van der Waals surface area contributed by atoms with Crippen molar-refractivity contribution in [2.75, 3.05) is 17.4 Å². The number of aliphatic hydroxyl groups excluding tert-OH is 1. The Hall–Kier alpha value is -3.40. The van der Waals surface area contributed by atoms with Gasteiger partial charge in [0.05, 0.1) is 6.20 Å². The minimum atomic E-state index is -3.96. The summed E-state index contributed by atoms with van der Waals surface area (Å²) in [6.45, 7) is 7.09. The minimum Gasteiger partial charge on any atom is -0.493 e. The van der Waals surface area contributed by atoms with Crippen LogP contribution in [0.3, 0.4) is 0 Å². The summed E-state index contributed by atoms with van der Waals surface area (Å²) in [5.41, 5.74) is 1.66. The number of amides is 1. The van der Waals surface area contributed by atoms with E-state index in [4.69, 9.17) is 9.47 Å². The first-order valence-electron chi connectivity index (χ1n) is 12.0. The van der Waals surface area contributed by atoms with E-state index < -0.39 is 21.7 Å². The Morgan fingerprint density at radius 1 is 1.14 bits per heavy atom. The van der Waals surface area contributed by atoms with Crippen LogP contribution >= 0.6 is 0 Å². The number of nitrogens with zero attached hydrogens (tertiary/aromatic N) is 2. The fourth-order valence-electron chi connectivity index (χ4n) is 4.36. The Bertz CT molecular complexity index is 1220. The molecule has 2 N–H and O–H groups in total. The summed E-state index contributed by atoms with van der Waals surface area (Å²) >= 11 is 0. The monoisotopic (exact) mass is 515 g/mol. The first-order chi connectivity index (χ1) is 17.0. The lowest BCUT2D eigenvalue weighted by Crippen LogP contribution is -2.43. The molecule has 1 unspecified atom stereocenters. The number of likely N-dealkylation sites (tertiary alicyclic amines) is 1. The average molecular weight is 516 g/mol. The molecule has 2 aliphatic rings. The van der Waals surface area contributed by atoms with E-state index >= 15 is 0 Å². The molecule has 0 spiro atoms. The zero-order chi connectivity index (χ0) is 25.9. The zero-order valence-corrected chi connectivity index (χ0v) is 21.6. The lowest BCUT2D eigenvalue weighted by molar-refractivity contribution is 0.0166. The van der Waals surface area contributed by atoms with Crippen LogP contribution in [-0.2, 0) is 28.0 Å². The van der Waals surface area contributed by atoms with Crippen molar-refractivity contribution in [2.45, 2.75) is 52.2 Å². The molecular formula is C26H33N3O6S. The smallest absolute Gasteiger partial charge is 0.410 e. The Balaban J connectivity index is 1.54. The molecule has 2 heterocycles. The Kier molecular flexibility index (Phi) is 7.35. The fourth-order valence-corrected chi connectivity index (χ4v) is 5.43. The average Bonchev–Trinajstić information content (AvgIpc) is 3.09. The van der Waals surface area contributed by atoms with E-state index in [2.05, 4.69) is 4.72 Å². The van der Waals surface area contributed by atoms with Gasteiger partial charge < -0.3 is 19.5 Å². The van der Waals surface area contributed by atoms with Gasteiger partial charge in [0.1, 0.15) is 23.6 Å². The molecule has 0 saturated carbocycles. The van der Waals surface area contributed by atoms with Gasteiger partial charge in [-0.3, -0.25) is 0 Å². The summed E-state index contributed by atoms with van der Waals surface area (Å²) in [5, 5.41) is 9.75. The number of carbonyl (C=O) groups excluding carboxylic acids is 1. The maximum absolute atomic E-state index is 12.6. The fraction of sp³-hybridized carbons (Fsp3) is 0.423. The molecule has 0 bridgehead atoms. The van der Waals surface area contributed by atoms with E-state index in [1.54, 1.807) is 11.0 Å². The molecular weight excluding hydrogens is 482 g/mol. The van der Waals surface area contributed by atoms with E-state index in [0.717, 1.165) is 34.5 Å². The van der Waals surface area contributed by atoms with Crippen molar-refractivity contribution < 1.29 is 27.8 Å². The van der Waals surface area contributed by atoms with Crippen molar-refractivity contribution >= 4 is 22.0 Å². The predicted octanol–water partition coefficient (Wildman–Crippen LogP) is 4.47. The van der Waals surface area contributed by atoms with Crippen LogP contribution < -0.4 is 13.8 Å². The summed E-state index contributed by atoms with van der Waals surface area (Å²) in [4.78, 5) is 14.3. The van der Waals surface area contributed by atoms with Gasteiger partial charge in [-0.15, -0.1) is 0 Å². The van der Waals surface area contributed by atoms with Gasteiger partial charge in [-0.25, -0.2) is 13.8 Å². The predicted molar refractivity (Wildman–Crippen MR) is 137 cm³/mol. The topological polar surface area (TPSA) is 108 Å². The molecule has 2 aromatic rings. The number of nitrogens with one attached hydrogen (secondary N) is 1. The third kappa shape index (κ3) is 6.42. The first kappa shape index (κ1) is 25.7. The van der Waals surface area contributed by atoms with Crippen molar-refractivity contribution in [2.24, 2.45) is 5.92 Å². The summed E-state index contributed by atoms with van der Waals surface area (Å²) in [5.74, 6) is 0.158. The Morgan fingerprint density at radius 3 is 2.56 bits per heavy atom. The number of ether oxygens (including phenoxy) is 2. The molecule has 36 heavy (non-hydrogen) atoms. The van der Waals surface area contributed by atoms with Gasteiger partial charge in [0, 0.05) is 13.1 Å². The second-order valence-electron chi connectivity index (χ2n) is 10.1. The lowest BCUT2D eigenvalue weighted by Gasteiger charge is -2.34. The van der Waals surface area contributed by atoms with Crippen molar-refractivity contribution in [1.82, 2.24) is 9.62 Å². The highest BCUT2D eigenvalue weighted by Crippen LogP contribution is 2.35. The minimum absolute atomic E-state index is 0.236. The number of anilines is 1. The van der Waals surface area contributed by atoms with Crippen LogP contribution in [0.25, 0.3) is 0 Å². The van der Waals surface area contributed by atoms with Gasteiger partial charge in [0.25, 0.3) is 0 Å². The molecule has 0 aromatic heterocycles. The molecule has 2 aliphatic heterocycles. The standard InChI is InChI=1S/C26H33N3O6S/c1-26(2,3)35-25(31)28-13-7-10-21(16-28)14-20-11-12-22(29-17-24(30)27-36(29,32)33)23(15-20)34-18-19-8-5-4-6-9-19/h4-6,8-9,11-12,15,17,21,27,30H,7,10,13-14,16,18H2,1-3H3. The molecule has 0 aliphatic carbocycles. The molecule has 1 saturated heterocycles. The summed E-state index contributed by atoms with van der Waals surface area (Å²) < 4.78 is 39.7. The van der Waals surface area contributed by atoms with Crippen LogP contribution in [0.15, 0.2) is 60.6 Å².